The second-order valence-electron chi connectivity index (χ2n) is 4.53. The molecule has 2 rings (SSSR count). The van der Waals surface area contributed by atoms with Crippen LogP contribution in [0.4, 0.5) is 18.0 Å². The Labute approximate surface area is 141 Å². The van der Waals surface area contributed by atoms with Crippen molar-refractivity contribution in [3.8, 4) is 5.69 Å². The maximum absolute atomic E-state index is 13.9. The van der Waals surface area contributed by atoms with Gasteiger partial charge in [-0.2, -0.15) is 5.10 Å². The number of hydrogen-bond acceptors (Lipinski definition) is 4. The molecule has 11 heteroatoms. The summed E-state index contributed by atoms with van der Waals surface area (Å²) in [5.41, 5.74) is 3.11. The monoisotopic (exact) mass is 406 g/mol. The lowest BCUT2D eigenvalue weighted by atomic mass is 10.3. The molecule has 1 amide bonds. The van der Waals surface area contributed by atoms with Gasteiger partial charge in [0, 0.05) is 10.0 Å². The largest absolute Gasteiger partial charge is 0.445 e. The van der Waals surface area contributed by atoms with Gasteiger partial charge in [0.1, 0.15) is 18.6 Å². The molecule has 0 radical (unpaired) electrons. The normalized spacial score (nSPS) is 11.6. The van der Waals surface area contributed by atoms with Crippen LogP contribution in [0, 0.1) is 11.6 Å². The van der Waals surface area contributed by atoms with Crippen molar-refractivity contribution in [2.24, 2.45) is 5.73 Å². The van der Waals surface area contributed by atoms with Crippen LogP contribution in [0.2, 0.25) is 0 Å². The number of carbonyl (C=O) groups is 1. The molecule has 0 unspecified atom stereocenters. The van der Waals surface area contributed by atoms with Crippen LogP contribution in [0.5, 0.6) is 0 Å². The van der Waals surface area contributed by atoms with Gasteiger partial charge < -0.3 is 10.5 Å². The van der Waals surface area contributed by atoms with Gasteiger partial charge in [-0.15, -0.1) is 0 Å². The van der Waals surface area contributed by atoms with Crippen molar-refractivity contribution in [1.29, 1.82) is 0 Å². The molecule has 1 heterocycles. The fourth-order valence-corrected chi connectivity index (χ4v) is 2.23. The van der Waals surface area contributed by atoms with Crippen molar-refractivity contribution >= 4 is 22.0 Å². The van der Waals surface area contributed by atoms with Crippen LogP contribution in [-0.2, 0) is 11.3 Å². The fourth-order valence-electron chi connectivity index (χ4n) is 1.83. The molecule has 2 aromatic rings. The van der Waals surface area contributed by atoms with Gasteiger partial charge in [-0.1, -0.05) is 15.9 Å². The zero-order chi connectivity index (χ0) is 17.9. The summed E-state index contributed by atoms with van der Waals surface area (Å²) in [5.74, 6) is -1.97. The van der Waals surface area contributed by atoms with E-state index in [4.69, 9.17) is 5.73 Å². The minimum atomic E-state index is -1.12. The van der Waals surface area contributed by atoms with Crippen LogP contribution in [0.15, 0.2) is 39.6 Å². The molecule has 2 N–H and O–H groups in total. The molecule has 0 aliphatic heterocycles. The number of hydrogen-bond donors (Lipinski definition) is 1. The molecule has 0 saturated heterocycles. The second-order valence-corrected chi connectivity index (χ2v) is 5.45. The van der Waals surface area contributed by atoms with Gasteiger partial charge in [0.2, 0.25) is 0 Å². The van der Waals surface area contributed by atoms with E-state index in [2.05, 4.69) is 25.8 Å². The quantitative estimate of drug-likeness (QED) is 0.821. The Balaban J connectivity index is 2.33. The molecule has 0 atom stereocenters. The minimum absolute atomic E-state index is 0.120. The Morgan fingerprint density at radius 3 is 2.54 bits per heavy atom. The number of nitrogens with zero attached hydrogens (tertiary/aromatic N) is 3. The van der Waals surface area contributed by atoms with Gasteiger partial charge in [0.15, 0.2) is 11.6 Å². The van der Waals surface area contributed by atoms with Crippen LogP contribution >= 0.6 is 15.9 Å². The summed E-state index contributed by atoms with van der Waals surface area (Å²) in [6, 6.07) is 1.96. The van der Waals surface area contributed by atoms with Gasteiger partial charge >= 0.3 is 11.8 Å². The van der Waals surface area contributed by atoms with E-state index in [9.17, 15) is 22.8 Å². The summed E-state index contributed by atoms with van der Waals surface area (Å²) < 4.78 is 46.5. The number of amides is 1. The number of ether oxygens (including phenoxy) is 1. The van der Waals surface area contributed by atoms with E-state index in [1.807, 2.05) is 0 Å². The predicted octanol–water partition coefficient (Wildman–Crippen LogP) is 2.02. The van der Waals surface area contributed by atoms with Gasteiger partial charge in [-0.25, -0.2) is 32.0 Å². The van der Waals surface area contributed by atoms with Gasteiger partial charge in [0.25, 0.3) is 0 Å². The fraction of sp³-hybridized carbons (Fsp3) is 0.154. The number of rotatable bonds is 5. The summed E-state index contributed by atoms with van der Waals surface area (Å²) in [6.07, 6.45) is -0.108. The molecule has 0 saturated carbocycles. The zero-order valence-corrected chi connectivity index (χ0v) is 13.5. The van der Waals surface area contributed by atoms with E-state index in [0.717, 1.165) is 23.1 Å². The maximum Gasteiger partial charge on any atom is 0.404 e. The van der Waals surface area contributed by atoms with Crippen molar-refractivity contribution in [3.05, 3.63) is 57.0 Å². The summed E-state index contributed by atoms with van der Waals surface area (Å²) in [4.78, 5) is 22.7. The summed E-state index contributed by atoms with van der Waals surface area (Å²) in [6.45, 7) is -0.887. The lowest BCUT2D eigenvalue weighted by Gasteiger charge is -2.06. The highest BCUT2D eigenvalue weighted by Gasteiger charge is 2.17. The first-order valence-electron chi connectivity index (χ1n) is 6.33. The summed E-state index contributed by atoms with van der Waals surface area (Å²) >= 11 is 2.93. The molecule has 128 valence electrons. The summed E-state index contributed by atoms with van der Waals surface area (Å²) in [7, 11) is 0. The van der Waals surface area contributed by atoms with Crippen molar-refractivity contribution in [2.45, 2.75) is 6.54 Å². The minimum Gasteiger partial charge on any atom is -0.445 e. The molecule has 1 aromatic carbocycles. The first-order chi connectivity index (χ1) is 11.3. The summed E-state index contributed by atoms with van der Waals surface area (Å²) in [5, 5.41) is 3.65. The van der Waals surface area contributed by atoms with Crippen LogP contribution in [-0.4, -0.2) is 27.0 Å². The standard InChI is InChI=1S/C13H10BrF3N4O3/c14-8-1-9(16)11(10(17)2-8)20-6-19-21(13(20)23)4-7(3-15)5-24-12(18)22/h1-3,6H,4-5H2,(H2,18,22). The highest BCUT2D eigenvalue weighted by molar-refractivity contribution is 9.10. The van der Waals surface area contributed by atoms with Gasteiger partial charge in [-0.05, 0) is 12.1 Å². The number of aromatic nitrogens is 3. The first kappa shape index (κ1) is 17.8. The lowest BCUT2D eigenvalue weighted by molar-refractivity contribution is 0.164. The van der Waals surface area contributed by atoms with E-state index < -0.39 is 42.3 Å². The van der Waals surface area contributed by atoms with E-state index >= 15 is 0 Å². The van der Waals surface area contributed by atoms with Crippen molar-refractivity contribution in [1.82, 2.24) is 14.3 Å². The molecular weight excluding hydrogens is 397 g/mol. The number of halogens is 4. The predicted molar refractivity (Wildman–Crippen MR) is 80.2 cm³/mol. The SMILES string of the molecule is NC(=O)OCC(=CF)Cn1ncn(-c2c(F)cc(Br)cc2F)c1=O. The Hall–Kier alpha value is -2.56. The molecule has 0 bridgehead atoms. The zero-order valence-electron chi connectivity index (χ0n) is 11.9. The number of nitrogens with two attached hydrogens (primary N) is 1. The molecule has 7 nitrogen and oxygen atoms in total. The number of carbonyl (C=O) groups excluding carboxylic acids is 1. The third-order valence-electron chi connectivity index (χ3n) is 2.86. The van der Waals surface area contributed by atoms with Crippen LogP contribution in [0.25, 0.3) is 5.69 Å². The first-order valence-corrected chi connectivity index (χ1v) is 7.12. The molecular formula is C13H10BrF3N4O3. The number of primary amides is 1. The van der Waals surface area contributed by atoms with Gasteiger partial charge in [0.05, 0.1) is 12.9 Å². The Bertz CT molecular complexity index is 839. The van der Waals surface area contributed by atoms with Crippen molar-refractivity contribution in [2.75, 3.05) is 6.61 Å². The lowest BCUT2D eigenvalue weighted by Crippen LogP contribution is -2.27. The average Bonchev–Trinajstić information content (AvgIpc) is 2.83. The Morgan fingerprint density at radius 1 is 1.38 bits per heavy atom. The van der Waals surface area contributed by atoms with Crippen molar-refractivity contribution < 1.29 is 22.7 Å². The molecule has 0 aliphatic rings. The van der Waals surface area contributed by atoms with Crippen LogP contribution in [0.1, 0.15) is 0 Å². The van der Waals surface area contributed by atoms with E-state index in [-0.39, 0.29) is 16.4 Å². The second kappa shape index (κ2) is 7.34. The molecule has 0 aliphatic carbocycles. The molecule has 24 heavy (non-hydrogen) atoms. The van der Waals surface area contributed by atoms with Gasteiger partial charge in [-0.3, -0.25) is 0 Å². The Morgan fingerprint density at radius 2 is 2.00 bits per heavy atom. The maximum atomic E-state index is 13.9. The van der Waals surface area contributed by atoms with Crippen LogP contribution in [0.3, 0.4) is 0 Å². The van der Waals surface area contributed by atoms with E-state index in [1.54, 1.807) is 0 Å². The highest BCUT2D eigenvalue weighted by Crippen LogP contribution is 2.21. The number of benzene rings is 1. The Kier molecular flexibility index (Phi) is 5.44. The molecule has 0 fully saturated rings. The van der Waals surface area contributed by atoms with Crippen molar-refractivity contribution in [3.63, 3.8) is 0 Å². The third-order valence-corrected chi connectivity index (χ3v) is 3.32. The highest BCUT2D eigenvalue weighted by atomic mass is 79.9. The topological polar surface area (TPSA) is 92.1 Å². The van der Waals surface area contributed by atoms with E-state index in [1.165, 1.54) is 0 Å². The molecule has 1 aromatic heterocycles. The van der Waals surface area contributed by atoms with Crippen LogP contribution < -0.4 is 11.4 Å². The smallest absolute Gasteiger partial charge is 0.404 e. The molecule has 0 spiro atoms. The third kappa shape index (κ3) is 3.85. The average molecular weight is 407 g/mol. The van der Waals surface area contributed by atoms with E-state index in [0.29, 0.717) is 4.57 Å².